The van der Waals surface area contributed by atoms with Crippen LogP contribution in [0.1, 0.15) is 0 Å². The number of aromatic amines is 1. The highest BCUT2D eigenvalue weighted by Gasteiger charge is 1.93. The number of thiophene rings is 1. The molecule has 0 atom stereocenters. The van der Waals surface area contributed by atoms with Crippen molar-refractivity contribution in [3.63, 3.8) is 0 Å². The van der Waals surface area contributed by atoms with E-state index < -0.39 is 0 Å². The largest absolute Gasteiger partial charge is 1.00 e. The molecular formula is C7H6ClNS. The van der Waals surface area contributed by atoms with Gasteiger partial charge in [0.1, 0.15) is 0 Å². The van der Waals surface area contributed by atoms with Crippen LogP contribution in [0, 0.1) is 0 Å². The minimum Gasteiger partial charge on any atom is -1.00 e. The molecule has 0 bridgehead atoms. The lowest BCUT2D eigenvalue weighted by atomic mass is 10.3. The summed E-state index contributed by atoms with van der Waals surface area (Å²) in [5.74, 6) is 0. The zero-order chi connectivity index (χ0) is 6.10. The van der Waals surface area contributed by atoms with Crippen LogP contribution in [0.25, 0.3) is 10.1 Å². The smallest absolute Gasteiger partial charge is 0.184 e. The van der Waals surface area contributed by atoms with Crippen molar-refractivity contribution in [2.45, 2.75) is 0 Å². The second kappa shape index (κ2) is 2.99. The van der Waals surface area contributed by atoms with Crippen molar-refractivity contribution in [3.8, 4) is 0 Å². The first-order chi connectivity index (χ1) is 4.47. The summed E-state index contributed by atoms with van der Waals surface area (Å²) in [7, 11) is 0. The van der Waals surface area contributed by atoms with Gasteiger partial charge in [-0.25, -0.2) is 4.98 Å². The Balaban J connectivity index is 0.000000500. The van der Waals surface area contributed by atoms with Gasteiger partial charge in [0.15, 0.2) is 12.4 Å². The third kappa shape index (κ3) is 1.13. The molecule has 2 rings (SSSR count). The minimum atomic E-state index is 0. The number of rotatable bonds is 0. The molecule has 2 heterocycles. The zero-order valence-electron chi connectivity index (χ0n) is 5.17. The van der Waals surface area contributed by atoms with E-state index in [2.05, 4.69) is 22.5 Å². The Kier molecular flexibility index (Phi) is 2.25. The molecule has 2 aromatic heterocycles. The van der Waals surface area contributed by atoms with Gasteiger partial charge in [-0.2, -0.15) is 0 Å². The molecule has 0 aliphatic rings. The van der Waals surface area contributed by atoms with E-state index >= 15 is 0 Å². The average Bonchev–Trinajstić information content (AvgIpc) is 2.33. The molecule has 0 radical (unpaired) electrons. The van der Waals surface area contributed by atoms with Gasteiger partial charge in [0.25, 0.3) is 0 Å². The lowest BCUT2D eigenvalue weighted by Crippen LogP contribution is -3.00. The summed E-state index contributed by atoms with van der Waals surface area (Å²) in [6, 6.07) is 4.19. The molecule has 0 aliphatic carbocycles. The number of hydrogen-bond donors (Lipinski definition) is 0. The van der Waals surface area contributed by atoms with Crippen LogP contribution >= 0.6 is 11.3 Å². The van der Waals surface area contributed by atoms with Crippen LogP contribution in [-0.2, 0) is 0 Å². The Morgan fingerprint density at radius 2 is 2.20 bits per heavy atom. The van der Waals surface area contributed by atoms with Gasteiger partial charge in [-0.15, -0.1) is 11.3 Å². The van der Waals surface area contributed by atoms with Crippen LogP contribution in [-0.4, -0.2) is 0 Å². The Bertz CT molecular complexity index is 288. The van der Waals surface area contributed by atoms with Crippen molar-refractivity contribution in [3.05, 3.63) is 29.9 Å². The predicted octanol–water partition coefficient (Wildman–Crippen LogP) is -1.28. The topological polar surface area (TPSA) is 14.1 Å². The quantitative estimate of drug-likeness (QED) is 0.469. The number of fused-ring (bicyclic) bond motifs is 1. The van der Waals surface area contributed by atoms with Crippen molar-refractivity contribution in [2.24, 2.45) is 0 Å². The number of aromatic nitrogens is 1. The molecule has 0 saturated carbocycles. The van der Waals surface area contributed by atoms with Gasteiger partial charge in [0.05, 0.1) is 4.70 Å². The lowest BCUT2D eigenvalue weighted by Gasteiger charge is -1.76. The Hall–Kier alpha value is -0.600. The summed E-state index contributed by atoms with van der Waals surface area (Å²) in [5, 5.41) is 3.41. The van der Waals surface area contributed by atoms with E-state index in [0.717, 1.165) is 0 Å². The van der Waals surface area contributed by atoms with Gasteiger partial charge in [-0.3, -0.25) is 0 Å². The number of pyridine rings is 1. The van der Waals surface area contributed by atoms with E-state index in [-0.39, 0.29) is 12.4 Å². The first-order valence-electron chi connectivity index (χ1n) is 2.80. The van der Waals surface area contributed by atoms with Gasteiger partial charge < -0.3 is 12.4 Å². The fourth-order valence-corrected chi connectivity index (χ4v) is 1.62. The highest BCUT2D eigenvalue weighted by atomic mass is 35.5. The fraction of sp³-hybridized carbons (Fsp3) is 0. The van der Waals surface area contributed by atoms with E-state index in [4.69, 9.17) is 0 Å². The lowest BCUT2D eigenvalue weighted by molar-refractivity contribution is -0.375. The first-order valence-corrected chi connectivity index (χ1v) is 3.68. The second-order valence-electron chi connectivity index (χ2n) is 1.88. The van der Waals surface area contributed by atoms with Gasteiger partial charge in [-0.1, -0.05) is 0 Å². The molecule has 0 saturated heterocycles. The van der Waals surface area contributed by atoms with Crippen LogP contribution in [0.4, 0.5) is 0 Å². The van der Waals surface area contributed by atoms with Crippen LogP contribution in [0.3, 0.4) is 0 Å². The summed E-state index contributed by atoms with van der Waals surface area (Å²) < 4.78 is 1.32. The average molecular weight is 172 g/mol. The molecule has 3 heteroatoms. The van der Waals surface area contributed by atoms with Crippen molar-refractivity contribution >= 4 is 21.4 Å². The Morgan fingerprint density at radius 1 is 1.30 bits per heavy atom. The number of hydrogen-bond acceptors (Lipinski definition) is 1. The number of halogens is 1. The van der Waals surface area contributed by atoms with Crippen molar-refractivity contribution in [2.75, 3.05) is 0 Å². The molecular weight excluding hydrogens is 166 g/mol. The normalized spacial score (nSPS) is 9.20. The molecule has 52 valence electrons. The van der Waals surface area contributed by atoms with Crippen LogP contribution in [0.5, 0.6) is 0 Å². The predicted molar refractivity (Wildman–Crippen MR) is 38.4 cm³/mol. The summed E-state index contributed by atoms with van der Waals surface area (Å²) in [6.45, 7) is 0. The van der Waals surface area contributed by atoms with Crippen molar-refractivity contribution in [1.82, 2.24) is 0 Å². The monoisotopic (exact) mass is 171 g/mol. The van der Waals surface area contributed by atoms with Gasteiger partial charge >= 0.3 is 0 Å². The fourth-order valence-electron chi connectivity index (χ4n) is 0.848. The van der Waals surface area contributed by atoms with E-state index in [9.17, 15) is 0 Å². The molecule has 0 aliphatic heterocycles. The standard InChI is InChI=1S/C7H5NS.ClH/c1-3-8-5-7-6(1)2-4-9-7;/h1-5H;1H. The summed E-state index contributed by atoms with van der Waals surface area (Å²) in [5.41, 5.74) is 0. The minimum absolute atomic E-state index is 0. The molecule has 10 heavy (non-hydrogen) atoms. The summed E-state index contributed by atoms with van der Waals surface area (Å²) in [6.07, 6.45) is 3.95. The Labute approximate surface area is 69.1 Å². The Morgan fingerprint density at radius 3 is 3.00 bits per heavy atom. The summed E-state index contributed by atoms with van der Waals surface area (Å²) in [4.78, 5) is 3.03. The summed E-state index contributed by atoms with van der Waals surface area (Å²) >= 11 is 1.76. The molecule has 1 nitrogen and oxygen atoms in total. The van der Waals surface area contributed by atoms with Gasteiger partial charge in [-0.05, 0) is 11.4 Å². The van der Waals surface area contributed by atoms with Crippen molar-refractivity contribution in [1.29, 1.82) is 0 Å². The van der Waals surface area contributed by atoms with Crippen molar-refractivity contribution < 1.29 is 17.4 Å². The maximum Gasteiger partial charge on any atom is 0.184 e. The third-order valence-electron chi connectivity index (χ3n) is 1.30. The molecule has 0 amide bonds. The van der Waals surface area contributed by atoms with E-state index in [0.29, 0.717) is 0 Å². The van der Waals surface area contributed by atoms with E-state index in [1.807, 2.05) is 12.4 Å². The molecule has 2 aromatic rings. The number of nitrogens with one attached hydrogen (secondary N) is 1. The third-order valence-corrected chi connectivity index (χ3v) is 2.18. The maximum atomic E-state index is 3.03. The highest BCUT2D eigenvalue weighted by molar-refractivity contribution is 7.17. The maximum absolute atomic E-state index is 3.03. The first kappa shape index (κ1) is 7.51. The highest BCUT2D eigenvalue weighted by Crippen LogP contribution is 2.16. The van der Waals surface area contributed by atoms with Crippen LogP contribution in [0.2, 0.25) is 0 Å². The number of H-pyrrole nitrogens is 1. The second-order valence-corrected chi connectivity index (χ2v) is 2.83. The van der Waals surface area contributed by atoms with Gasteiger partial charge in [0.2, 0.25) is 0 Å². The van der Waals surface area contributed by atoms with Crippen LogP contribution < -0.4 is 17.4 Å². The molecule has 0 fully saturated rings. The molecule has 0 aromatic carbocycles. The van der Waals surface area contributed by atoms with Crippen LogP contribution in [0.15, 0.2) is 29.9 Å². The van der Waals surface area contributed by atoms with Gasteiger partial charge in [0, 0.05) is 11.5 Å². The molecule has 0 spiro atoms. The SMILES string of the molecule is [Cl-].c1cc2ccsc2c[nH+]1. The molecule has 0 unspecified atom stereocenters. The zero-order valence-corrected chi connectivity index (χ0v) is 6.75. The van der Waals surface area contributed by atoms with E-state index in [1.54, 1.807) is 11.3 Å². The van der Waals surface area contributed by atoms with E-state index in [1.165, 1.54) is 10.1 Å². The molecule has 1 N–H and O–H groups in total.